The minimum absolute atomic E-state index is 0.0313. The standard InChI is InChI=1S/C12H22N2O2S/c1-9-3-2-6-13-11(9)12(15)14-10-4-7-17(16)8-5-10/h9-11,13H,2-8H2,1H3,(H,14,15). The van der Waals surface area contributed by atoms with Gasteiger partial charge in [0.15, 0.2) is 0 Å². The molecule has 0 aliphatic carbocycles. The van der Waals surface area contributed by atoms with Gasteiger partial charge in [0.1, 0.15) is 0 Å². The summed E-state index contributed by atoms with van der Waals surface area (Å²) in [6, 6.07) is 0.201. The number of nitrogens with one attached hydrogen (secondary N) is 2. The zero-order valence-corrected chi connectivity index (χ0v) is 11.2. The first-order valence-electron chi connectivity index (χ1n) is 6.55. The molecule has 17 heavy (non-hydrogen) atoms. The van der Waals surface area contributed by atoms with Crippen molar-refractivity contribution in [1.82, 2.24) is 10.6 Å². The minimum atomic E-state index is -0.654. The van der Waals surface area contributed by atoms with Gasteiger partial charge >= 0.3 is 0 Å². The van der Waals surface area contributed by atoms with Crippen LogP contribution < -0.4 is 10.6 Å². The summed E-state index contributed by atoms with van der Waals surface area (Å²) in [7, 11) is -0.654. The Labute approximate surface area is 105 Å². The fourth-order valence-electron chi connectivity index (χ4n) is 2.63. The van der Waals surface area contributed by atoms with Crippen LogP contribution in [0.4, 0.5) is 0 Å². The molecule has 0 aromatic carbocycles. The number of rotatable bonds is 2. The quantitative estimate of drug-likeness (QED) is 0.754. The predicted octanol–water partition coefficient (Wildman–Crippen LogP) is 0.402. The summed E-state index contributed by atoms with van der Waals surface area (Å²) in [6.07, 6.45) is 4.01. The van der Waals surface area contributed by atoms with Gasteiger partial charge in [-0.05, 0) is 38.1 Å². The van der Waals surface area contributed by atoms with Crippen molar-refractivity contribution >= 4 is 16.7 Å². The van der Waals surface area contributed by atoms with E-state index >= 15 is 0 Å². The van der Waals surface area contributed by atoms with Crippen molar-refractivity contribution in [1.29, 1.82) is 0 Å². The third kappa shape index (κ3) is 3.52. The van der Waals surface area contributed by atoms with E-state index in [1.165, 1.54) is 0 Å². The number of hydrogen-bond acceptors (Lipinski definition) is 3. The average Bonchev–Trinajstić information content (AvgIpc) is 2.32. The fraction of sp³-hybridized carbons (Fsp3) is 0.917. The van der Waals surface area contributed by atoms with E-state index in [0.29, 0.717) is 5.92 Å². The molecule has 2 heterocycles. The van der Waals surface area contributed by atoms with Gasteiger partial charge in [-0.25, -0.2) is 0 Å². The summed E-state index contributed by atoms with van der Waals surface area (Å²) in [6.45, 7) is 3.07. The largest absolute Gasteiger partial charge is 0.352 e. The molecule has 0 bridgehead atoms. The van der Waals surface area contributed by atoms with E-state index in [-0.39, 0.29) is 18.0 Å². The SMILES string of the molecule is CC1CCCNC1C(=O)NC1CCS(=O)CC1. The molecular formula is C12H22N2O2S. The molecule has 4 nitrogen and oxygen atoms in total. The minimum Gasteiger partial charge on any atom is -0.352 e. The van der Waals surface area contributed by atoms with Crippen LogP contribution in [0.25, 0.3) is 0 Å². The maximum absolute atomic E-state index is 12.1. The Kier molecular flexibility index (Phi) is 4.56. The van der Waals surface area contributed by atoms with E-state index in [4.69, 9.17) is 0 Å². The molecule has 2 aliphatic rings. The van der Waals surface area contributed by atoms with E-state index in [1.54, 1.807) is 0 Å². The molecule has 0 aromatic heterocycles. The van der Waals surface area contributed by atoms with Gasteiger partial charge in [-0.3, -0.25) is 9.00 Å². The third-order valence-electron chi connectivity index (χ3n) is 3.79. The molecule has 0 saturated carbocycles. The van der Waals surface area contributed by atoms with Crippen LogP contribution in [-0.2, 0) is 15.6 Å². The molecule has 2 atom stereocenters. The first kappa shape index (κ1) is 13.0. The molecule has 1 amide bonds. The Morgan fingerprint density at radius 1 is 1.29 bits per heavy atom. The monoisotopic (exact) mass is 258 g/mol. The van der Waals surface area contributed by atoms with Crippen molar-refractivity contribution in [2.24, 2.45) is 5.92 Å². The highest BCUT2D eigenvalue weighted by Gasteiger charge is 2.29. The Morgan fingerprint density at radius 3 is 2.65 bits per heavy atom. The number of carbonyl (C=O) groups is 1. The van der Waals surface area contributed by atoms with Crippen molar-refractivity contribution < 1.29 is 9.00 Å². The van der Waals surface area contributed by atoms with E-state index in [2.05, 4.69) is 17.6 Å². The zero-order chi connectivity index (χ0) is 12.3. The first-order chi connectivity index (χ1) is 8.16. The van der Waals surface area contributed by atoms with Gasteiger partial charge in [-0.1, -0.05) is 6.92 Å². The Morgan fingerprint density at radius 2 is 2.00 bits per heavy atom. The van der Waals surface area contributed by atoms with Crippen molar-refractivity contribution in [3.8, 4) is 0 Å². The Hall–Kier alpha value is -0.420. The second-order valence-corrected chi connectivity index (χ2v) is 6.88. The number of piperidine rings is 1. The van der Waals surface area contributed by atoms with Gasteiger partial charge in [-0.15, -0.1) is 0 Å². The second kappa shape index (κ2) is 5.96. The van der Waals surface area contributed by atoms with E-state index in [9.17, 15) is 9.00 Å². The van der Waals surface area contributed by atoms with Crippen LogP contribution in [0.15, 0.2) is 0 Å². The normalized spacial score (nSPS) is 38.6. The van der Waals surface area contributed by atoms with Crippen LogP contribution in [0.2, 0.25) is 0 Å². The summed E-state index contributed by atoms with van der Waals surface area (Å²) in [4.78, 5) is 12.1. The highest BCUT2D eigenvalue weighted by atomic mass is 32.2. The van der Waals surface area contributed by atoms with Gasteiger partial charge in [0.05, 0.1) is 6.04 Å². The van der Waals surface area contributed by atoms with Gasteiger partial charge in [0.2, 0.25) is 5.91 Å². The third-order valence-corrected chi connectivity index (χ3v) is 5.17. The van der Waals surface area contributed by atoms with Crippen LogP contribution >= 0.6 is 0 Å². The number of hydrogen-bond donors (Lipinski definition) is 2. The summed E-state index contributed by atoms with van der Waals surface area (Å²) < 4.78 is 11.2. The van der Waals surface area contributed by atoms with Crippen LogP contribution in [0, 0.1) is 5.92 Å². The molecule has 2 aliphatic heterocycles. The molecule has 2 rings (SSSR count). The summed E-state index contributed by atoms with van der Waals surface area (Å²) in [5, 5.41) is 6.40. The first-order valence-corrected chi connectivity index (χ1v) is 8.04. The summed E-state index contributed by atoms with van der Waals surface area (Å²) in [5.74, 6) is 2.02. The van der Waals surface area contributed by atoms with E-state index in [0.717, 1.165) is 43.7 Å². The molecule has 98 valence electrons. The molecular weight excluding hydrogens is 236 g/mol. The van der Waals surface area contributed by atoms with Crippen LogP contribution in [0.5, 0.6) is 0 Å². The van der Waals surface area contributed by atoms with Gasteiger partial charge < -0.3 is 10.6 Å². The lowest BCUT2D eigenvalue weighted by atomic mass is 9.92. The lowest BCUT2D eigenvalue weighted by Crippen LogP contribution is -2.53. The molecule has 2 saturated heterocycles. The van der Waals surface area contributed by atoms with E-state index < -0.39 is 10.8 Å². The molecule has 2 N–H and O–H groups in total. The highest BCUT2D eigenvalue weighted by Crippen LogP contribution is 2.16. The predicted molar refractivity (Wildman–Crippen MR) is 69.2 cm³/mol. The van der Waals surface area contributed by atoms with Crippen molar-refractivity contribution in [3.05, 3.63) is 0 Å². The summed E-state index contributed by atoms with van der Waals surface area (Å²) in [5.41, 5.74) is 0. The smallest absolute Gasteiger partial charge is 0.237 e. The van der Waals surface area contributed by atoms with Crippen molar-refractivity contribution in [2.45, 2.75) is 44.7 Å². The lowest BCUT2D eigenvalue weighted by Gasteiger charge is -2.31. The second-order valence-electron chi connectivity index (χ2n) is 5.18. The molecule has 2 unspecified atom stereocenters. The van der Waals surface area contributed by atoms with Crippen molar-refractivity contribution in [3.63, 3.8) is 0 Å². The van der Waals surface area contributed by atoms with Crippen LogP contribution in [0.1, 0.15) is 32.6 Å². The maximum atomic E-state index is 12.1. The number of amides is 1. The summed E-state index contributed by atoms with van der Waals surface area (Å²) >= 11 is 0. The zero-order valence-electron chi connectivity index (χ0n) is 10.4. The van der Waals surface area contributed by atoms with Crippen LogP contribution in [-0.4, -0.2) is 40.3 Å². The topological polar surface area (TPSA) is 58.2 Å². The Bertz CT molecular complexity index is 299. The molecule has 0 spiro atoms. The van der Waals surface area contributed by atoms with E-state index in [1.807, 2.05) is 0 Å². The van der Waals surface area contributed by atoms with Gasteiger partial charge in [0.25, 0.3) is 0 Å². The number of carbonyl (C=O) groups excluding carboxylic acids is 1. The van der Waals surface area contributed by atoms with Crippen molar-refractivity contribution in [2.75, 3.05) is 18.1 Å². The molecule has 0 aromatic rings. The fourth-order valence-corrected chi connectivity index (χ4v) is 3.93. The molecule has 0 radical (unpaired) electrons. The van der Waals surface area contributed by atoms with Gasteiger partial charge in [0, 0.05) is 28.3 Å². The molecule has 5 heteroatoms. The Balaban J connectivity index is 1.81. The van der Waals surface area contributed by atoms with Gasteiger partial charge in [-0.2, -0.15) is 0 Å². The average molecular weight is 258 g/mol. The van der Waals surface area contributed by atoms with Crippen LogP contribution in [0.3, 0.4) is 0 Å². The molecule has 2 fully saturated rings. The maximum Gasteiger partial charge on any atom is 0.237 e. The highest BCUT2D eigenvalue weighted by molar-refractivity contribution is 7.85. The lowest BCUT2D eigenvalue weighted by molar-refractivity contribution is -0.125.